The van der Waals surface area contributed by atoms with Crippen LogP contribution in [0.4, 0.5) is 11.4 Å². The van der Waals surface area contributed by atoms with Crippen LogP contribution >= 0.6 is 0 Å². The smallest absolute Gasteiger partial charge is 0.253 e. The van der Waals surface area contributed by atoms with Crippen LogP contribution in [-0.4, -0.2) is 56.0 Å². The summed E-state index contributed by atoms with van der Waals surface area (Å²) < 4.78 is 0. The standard InChI is InChI=1S/C25H32N4O2/c1-19-13-16-27(2)22-7-3-4-8-23(22)29(19)18-24(30)26-17-20-9-11-21(12-10-20)25(31)28-14-5-6-15-28/h3-4,7-12,19H,5-6,13-18H2,1-2H3,(H,26,30). The van der Waals surface area contributed by atoms with Crippen molar-refractivity contribution in [2.24, 2.45) is 0 Å². The quantitative estimate of drug-likeness (QED) is 0.807. The number of fused-ring (bicyclic) bond motifs is 1. The Kier molecular flexibility index (Phi) is 6.44. The van der Waals surface area contributed by atoms with Gasteiger partial charge in [-0.2, -0.15) is 0 Å². The number of anilines is 2. The zero-order valence-corrected chi connectivity index (χ0v) is 18.5. The molecule has 1 saturated heterocycles. The minimum atomic E-state index is 0.00317. The lowest BCUT2D eigenvalue weighted by atomic mass is 10.1. The van der Waals surface area contributed by atoms with Crippen molar-refractivity contribution in [3.63, 3.8) is 0 Å². The predicted octanol–water partition coefficient (Wildman–Crippen LogP) is 3.27. The minimum absolute atomic E-state index is 0.00317. The normalized spacial score (nSPS) is 18.5. The summed E-state index contributed by atoms with van der Waals surface area (Å²) in [4.78, 5) is 31.6. The highest BCUT2D eigenvalue weighted by Gasteiger charge is 2.25. The van der Waals surface area contributed by atoms with E-state index >= 15 is 0 Å². The molecular formula is C25H32N4O2. The molecule has 2 aromatic carbocycles. The predicted molar refractivity (Wildman–Crippen MR) is 125 cm³/mol. The molecule has 1 N–H and O–H groups in total. The Morgan fingerprint density at radius 1 is 0.968 bits per heavy atom. The molecule has 0 bridgehead atoms. The van der Waals surface area contributed by atoms with Crippen molar-refractivity contribution < 1.29 is 9.59 Å². The van der Waals surface area contributed by atoms with Gasteiger partial charge in [-0.1, -0.05) is 24.3 Å². The van der Waals surface area contributed by atoms with Crippen LogP contribution in [0.5, 0.6) is 0 Å². The van der Waals surface area contributed by atoms with Gasteiger partial charge in [0.2, 0.25) is 5.91 Å². The highest BCUT2D eigenvalue weighted by molar-refractivity contribution is 5.94. The Balaban J connectivity index is 1.36. The van der Waals surface area contributed by atoms with Gasteiger partial charge < -0.3 is 20.0 Å². The van der Waals surface area contributed by atoms with Crippen LogP contribution in [0.2, 0.25) is 0 Å². The third kappa shape index (κ3) is 4.84. The summed E-state index contributed by atoms with van der Waals surface area (Å²) in [6.45, 7) is 5.64. The van der Waals surface area contributed by atoms with E-state index < -0.39 is 0 Å². The molecule has 6 heteroatoms. The third-order valence-corrected chi connectivity index (χ3v) is 6.41. The minimum Gasteiger partial charge on any atom is -0.373 e. The molecular weight excluding hydrogens is 388 g/mol. The number of amides is 2. The molecule has 0 radical (unpaired) electrons. The first-order valence-electron chi connectivity index (χ1n) is 11.2. The number of carbonyl (C=O) groups excluding carboxylic acids is 2. The van der Waals surface area contributed by atoms with Gasteiger partial charge in [0.25, 0.3) is 5.91 Å². The molecule has 2 heterocycles. The summed E-state index contributed by atoms with van der Waals surface area (Å²) >= 11 is 0. The Morgan fingerprint density at radius 3 is 2.35 bits per heavy atom. The van der Waals surface area contributed by atoms with E-state index in [0.717, 1.165) is 61.4 Å². The number of nitrogens with one attached hydrogen (secondary N) is 1. The van der Waals surface area contributed by atoms with E-state index in [1.165, 1.54) is 0 Å². The largest absolute Gasteiger partial charge is 0.373 e. The summed E-state index contributed by atoms with van der Waals surface area (Å²) in [5.41, 5.74) is 3.99. The van der Waals surface area contributed by atoms with Crippen LogP contribution < -0.4 is 15.1 Å². The van der Waals surface area contributed by atoms with Crippen LogP contribution in [0.25, 0.3) is 0 Å². The van der Waals surface area contributed by atoms with Crippen LogP contribution in [0, 0.1) is 0 Å². The van der Waals surface area contributed by atoms with Gasteiger partial charge in [0, 0.05) is 44.8 Å². The highest BCUT2D eigenvalue weighted by atomic mass is 16.2. The first-order valence-corrected chi connectivity index (χ1v) is 11.2. The first-order chi connectivity index (χ1) is 15.0. The molecule has 0 aliphatic carbocycles. The lowest BCUT2D eigenvalue weighted by molar-refractivity contribution is -0.120. The molecule has 0 aromatic heterocycles. The molecule has 31 heavy (non-hydrogen) atoms. The molecule has 2 amide bonds. The van der Waals surface area contributed by atoms with E-state index in [1.54, 1.807) is 0 Å². The SMILES string of the molecule is CC1CCN(C)c2ccccc2N1CC(=O)NCc1ccc(C(=O)N2CCCC2)cc1. The summed E-state index contributed by atoms with van der Waals surface area (Å²) in [6, 6.07) is 16.2. The number of para-hydroxylation sites is 2. The zero-order chi connectivity index (χ0) is 21.8. The Morgan fingerprint density at radius 2 is 1.65 bits per heavy atom. The fourth-order valence-corrected chi connectivity index (χ4v) is 4.44. The average Bonchev–Trinajstić information content (AvgIpc) is 3.31. The Bertz CT molecular complexity index is 921. The van der Waals surface area contributed by atoms with Gasteiger partial charge in [0.05, 0.1) is 17.9 Å². The highest BCUT2D eigenvalue weighted by Crippen LogP contribution is 2.33. The maximum atomic E-state index is 12.8. The first kappa shape index (κ1) is 21.2. The van der Waals surface area contributed by atoms with Gasteiger partial charge in [0.15, 0.2) is 0 Å². The maximum Gasteiger partial charge on any atom is 0.253 e. The van der Waals surface area contributed by atoms with Crippen molar-refractivity contribution in [3.05, 3.63) is 59.7 Å². The van der Waals surface area contributed by atoms with Gasteiger partial charge in [-0.3, -0.25) is 9.59 Å². The third-order valence-electron chi connectivity index (χ3n) is 6.41. The van der Waals surface area contributed by atoms with Crippen LogP contribution in [0.1, 0.15) is 42.1 Å². The molecule has 2 aliphatic rings. The van der Waals surface area contributed by atoms with Gasteiger partial charge in [-0.15, -0.1) is 0 Å². The molecule has 0 saturated carbocycles. The Labute approximate surface area is 184 Å². The van der Waals surface area contributed by atoms with Crippen molar-refractivity contribution in [1.82, 2.24) is 10.2 Å². The summed E-state index contributed by atoms with van der Waals surface area (Å²) in [7, 11) is 2.10. The van der Waals surface area contributed by atoms with E-state index in [9.17, 15) is 9.59 Å². The molecule has 164 valence electrons. The number of hydrogen-bond acceptors (Lipinski definition) is 4. The van der Waals surface area contributed by atoms with Gasteiger partial charge in [-0.05, 0) is 56.0 Å². The van der Waals surface area contributed by atoms with Crippen LogP contribution in [0.15, 0.2) is 48.5 Å². The number of carbonyl (C=O) groups is 2. The van der Waals surface area contributed by atoms with Crippen molar-refractivity contribution >= 4 is 23.2 Å². The van der Waals surface area contributed by atoms with E-state index in [2.05, 4.69) is 41.2 Å². The molecule has 1 unspecified atom stereocenters. The molecule has 4 rings (SSSR count). The van der Waals surface area contributed by atoms with Crippen molar-refractivity contribution in [2.45, 2.75) is 38.8 Å². The number of nitrogens with zero attached hydrogens (tertiary/aromatic N) is 3. The molecule has 0 spiro atoms. The van der Waals surface area contributed by atoms with E-state index in [0.29, 0.717) is 13.1 Å². The fraction of sp³-hybridized carbons (Fsp3) is 0.440. The van der Waals surface area contributed by atoms with Crippen molar-refractivity contribution in [1.29, 1.82) is 0 Å². The topological polar surface area (TPSA) is 55.9 Å². The maximum absolute atomic E-state index is 12.8. The van der Waals surface area contributed by atoms with E-state index in [-0.39, 0.29) is 17.9 Å². The van der Waals surface area contributed by atoms with Gasteiger partial charge in [0.1, 0.15) is 0 Å². The second kappa shape index (κ2) is 9.41. The number of likely N-dealkylation sites (tertiary alicyclic amines) is 1. The summed E-state index contributed by atoms with van der Waals surface area (Å²) in [5, 5.41) is 3.04. The second-order valence-corrected chi connectivity index (χ2v) is 8.65. The Hall–Kier alpha value is -3.02. The van der Waals surface area contributed by atoms with Crippen LogP contribution in [0.3, 0.4) is 0 Å². The van der Waals surface area contributed by atoms with E-state index in [1.807, 2.05) is 41.3 Å². The number of benzene rings is 2. The average molecular weight is 421 g/mol. The lowest BCUT2D eigenvalue weighted by Gasteiger charge is -2.30. The number of rotatable bonds is 5. The molecule has 6 nitrogen and oxygen atoms in total. The fourth-order valence-electron chi connectivity index (χ4n) is 4.44. The molecule has 2 aromatic rings. The van der Waals surface area contributed by atoms with Crippen molar-refractivity contribution in [2.75, 3.05) is 43.0 Å². The van der Waals surface area contributed by atoms with Crippen LogP contribution in [-0.2, 0) is 11.3 Å². The zero-order valence-electron chi connectivity index (χ0n) is 18.5. The summed E-state index contributed by atoms with van der Waals surface area (Å²) in [6.07, 6.45) is 3.18. The number of hydrogen-bond donors (Lipinski definition) is 1. The van der Waals surface area contributed by atoms with Gasteiger partial charge in [-0.25, -0.2) is 0 Å². The molecule has 1 atom stereocenters. The summed E-state index contributed by atoms with van der Waals surface area (Å²) in [5.74, 6) is 0.107. The van der Waals surface area contributed by atoms with Gasteiger partial charge >= 0.3 is 0 Å². The second-order valence-electron chi connectivity index (χ2n) is 8.65. The monoisotopic (exact) mass is 420 g/mol. The van der Waals surface area contributed by atoms with E-state index in [4.69, 9.17) is 0 Å². The molecule has 2 aliphatic heterocycles. The molecule has 1 fully saturated rings. The van der Waals surface area contributed by atoms with Crippen molar-refractivity contribution in [3.8, 4) is 0 Å². The lowest BCUT2D eigenvalue weighted by Crippen LogP contribution is -2.41.